The first-order valence-electron chi connectivity index (χ1n) is 2.95. The lowest BCUT2D eigenvalue weighted by Crippen LogP contribution is -2.36. The third kappa shape index (κ3) is 1.94. The highest BCUT2D eigenvalue weighted by molar-refractivity contribution is 6.42. The predicted molar refractivity (Wildman–Crippen MR) is 30.3 cm³/mol. The van der Waals surface area contributed by atoms with E-state index in [1.165, 1.54) is 0 Å². The van der Waals surface area contributed by atoms with Gasteiger partial charge in [0, 0.05) is 0 Å². The summed E-state index contributed by atoms with van der Waals surface area (Å²) in [4.78, 5) is 9.06. The molecule has 0 aromatic rings. The minimum absolute atomic E-state index is 0.545. The monoisotopic (exact) mass is 132 g/mol. The van der Waals surface area contributed by atoms with Crippen molar-refractivity contribution in [2.75, 3.05) is 6.61 Å². The van der Waals surface area contributed by atoms with Crippen molar-refractivity contribution in [3.63, 3.8) is 0 Å². The molecule has 0 aromatic carbocycles. The van der Waals surface area contributed by atoms with Crippen molar-refractivity contribution in [2.24, 2.45) is 0 Å². The van der Waals surface area contributed by atoms with Crippen LogP contribution in [-0.4, -0.2) is 29.8 Å². The van der Waals surface area contributed by atoms with Gasteiger partial charge in [-0.05, 0) is 12.8 Å². The van der Waals surface area contributed by atoms with Gasteiger partial charge in [-0.1, -0.05) is 0 Å². The zero-order valence-electron chi connectivity index (χ0n) is 4.99. The first-order chi connectivity index (χ1) is 4.30. The molecule has 1 fully saturated rings. The smallest absolute Gasteiger partial charge is 0.425 e. The van der Waals surface area contributed by atoms with Crippen LogP contribution in [0.2, 0.25) is 0 Å². The van der Waals surface area contributed by atoms with E-state index in [4.69, 9.17) is 10.0 Å². The highest BCUT2D eigenvalue weighted by Gasteiger charge is 2.27. The van der Waals surface area contributed by atoms with Crippen molar-refractivity contribution < 1.29 is 19.8 Å². The van der Waals surface area contributed by atoms with Gasteiger partial charge >= 0.3 is 7.12 Å². The van der Waals surface area contributed by atoms with E-state index in [1.54, 1.807) is 0 Å². The van der Waals surface area contributed by atoms with Crippen LogP contribution in [0, 0.1) is 0 Å². The molecule has 0 saturated carbocycles. The quantitative estimate of drug-likeness (QED) is 0.358. The van der Waals surface area contributed by atoms with Crippen molar-refractivity contribution in [3.05, 3.63) is 0 Å². The highest BCUT2D eigenvalue weighted by atomic mass is 17.2. The van der Waals surface area contributed by atoms with E-state index in [0.717, 1.165) is 6.42 Å². The molecule has 9 heavy (non-hydrogen) atoms. The molecular weight excluding hydrogens is 123 g/mol. The molecule has 0 aromatic heterocycles. The topological polar surface area (TPSA) is 58.9 Å². The molecule has 1 aliphatic heterocycles. The maximum Gasteiger partial charge on any atom is 0.485 e. The summed E-state index contributed by atoms with van der Waals surface area (Å²) in [7, 11) is -1.41. The van der Waals surface area contributed by atoms with Gasteiger partial charge in [-0.15, -0.1) is 0 Å². The maximum atomic E-state index is 8.53. The zero-order valence-corrected chi connectivity index (χ0v) is 4.99. The molecule has 1 aliphatic rings. The van der Waals surface area contributed by atoms with Crippen LogP contribution in [0.15, 0.2) is 0 Å². The Labute approximate surface area is 53.5 Å². The molecule has 0 bridgehead atoms. The molecule has 4 nitrogen and oxygen atoms in total. The fourth-order valence-corrected chi connectivity index (χ4v) is 0.726. The molecule has 1 unspecified atom stereocenters. The van der Waals surface area contributed by atoms with Gasteiger partial charge in [0.2, 0.25) is 0 Å². The lowest BCUT2D eigenvalue weighted by atomic mass is 9.79. The van der Waals surface area contributed by atoms with E-state index >= 15 is 0 Å². The third-order valence-electron chi connectivity index (χ3n) is 1.24. The fraction of sp³-hybridized carbons (Fsp3) is 1.00. The van der Waals surface area contributed by atoms with Crippen LogP contribution < -0.4 is 0 Å². The average Bonchev–Trinajstić information content (AvgIpc) is 1.90. The largest absolute Gasteiger partial charge is 0.485 e. The Kier molecular flexibility index (Phi) is 2.47. The third-order valence-corrected chi connectivity index (χ3v) is 1.24. The molecule has 5 heteroatoms. The van der Waals surface area contributed by atoms with Crippen LogP contribution >= 0.6 is 0 Å². The van der Waals surface area contributed by atoms with Gasteiger partial charge in [0.1, 0.15) is 6.00 Å². The van der Waals surface area contributed by atoms with Gasteiger partial charge in [0.15, 0.2) is 0 Å². The molecule has 0 amide bonds. The van der Waals surface area contributed by atoms with Gasteiger partial charge in [-0.3, -0.25) is 0 Å². The Morgan fingerprint density at radius 3 is 2.56 bits per heavy atom. The van der Waals surface area contributed by atoms with Crippen molar-refractivity contribution in [2.45, 2.75) is 18.8 Å². The standard InChI is InChI=1S/C4H9BO4/c6-5(7)4-2-1-3-8-9-4/h4,6-7H,1-3H2. The highest BCUT2D eigenvalue weighted by Crippen LogP contribution is 2.10. The summed E-state index contributed by atoms with van der Waals surface area (Å²) in [6, 6.07) is -0.557. The van der Waals surface area contributed by atoms with E-state index in [0.29, 0.717) is 13.0 Å². The van der Waals surface area contributed by atoms with Crippen LogP contribution in [0.5, 0.6) is 0 Å². The summed E-state index contributed by atoms with van der Waals surface area (Å²) in [5.41, 5.74) is 0. The molecule has 1 atom stereocenters. The van der Waals surface area contributed by atoms with Crippen LogP contribution in [0.3, 0.4) is 0 Å². The minimum Gasteiger partial charge on any atom is -0.425 e. The lowest BCUT2D eigenvalue weighted by Gasteiger charge is -2.19. The molecule has 1 saturated heterocycles. The van der Waals surface area contributed by atoms with Crippen molar-refractivity contribution in [1.29, 1.82) is 0 Å². The van der Waals surface area contributed by atoms with E-state index in [2.05, 4.69) is 9.78 Å². The average molecular weight is 132 g/mol. The second-order valence-corrected chi connectivity index (χ2v) is 2.01. The van der Waals surface area contributed by atoms with Crippen molar-refractivity contribution in [3.8, 4) is 0 Å². The summed E-state index contributed by atoms with van der Waals surface area (Å²) in [5, 5.41) is 17.1. The Balaban J connectivity index is 2.23. The molecule has 1 rings (SSSR count). The molecule has 2 N–H and O–H groups in total. The molecule has 0 spiro atoms. The lowest BCUT2D eigenvalue weighted by molar-refractivity contribution is -0.330. The first-order valence-corrected chi connectivity index (χ1v) is 2.95. The Morgan fingerprint density at radius 1 is 1.44 bits per heavy atom. The number of hydrogen-bond acceptors (Lipinski definition) is 4. The van der Waals surface area contributed by atoms with E-state index < -0.39 is 13.1 Å². The van der Waals surface area contributed by atoms with Crippen LogP contribution in [-0.2, 0) is 9.78 Å². The van der Waals surface area contributed by atoms with Gasteiger partial charge in [-0.25, -0.2) is 9.78 Å². The second-order valence-electron chi connectivity index (χ2n) is 2.01. The number of rotatable bonds is 1. The Morgan fingerprint density at radius 2 is 2.22 bits per heavy atom. The Bertz CT molecular complexity index is 80.6. The molecular formula is C4H9BO4. The van der Waals surface area contributed by atoms with Gasteiger partial charge in [0.25, 0.3) is 0 Å². The zero-order chi connectivity index (χ0) is 6.69. The second kappa shape index (κ2) is 3.17. The van der Waals surface area contributed by atoms with Crippen molar-refractivity contribution >= 4 is 7.12 Å². The summed E-state index contributed by atoms with van der Waals surface area (Å²) in [5.74, 6) is 0. The van der Waals surface area contributed by atoms with E-state index in [1.807, 2.05) is 0 Å². The summed E-state index contributed by atoms with van der Waals surface area (Å²) >= 11 is 0. The van der Waals surface area contributed by atoms with Crippen LogP contribution in [0.4, 0.5) is 0 Å². The van der Waals surface area contributed by atoms with Gasteiger partial charge in [0.05, 0.1) is 6.61 Å². The molecule has 52 valence electrons. The van der Waals surface area contributed by atoms with E-state index in [-0.39, 0.29) is 0 Å². The van der Waals surface area contributed by atoms with Gasteiger partial charge < -0.3 is 10.0 Å². The predicted octanol–water partition coefficient (Wildman–Crippen LogP) is -0.891. The van der Waals surface area contributed by atoms with Crippen molar-refractivity contribution in [1.82, 2.24) is 0 Å². The fourth-order valence-electron chi connectivity index (χ4n) is 0.726. The normalized spacial score (nSPS) is 28.0. The van der Waals surface area contributed by atoms with E-state index in [9.17, 15) is 0 Å². The molecule has 1 heterocycles. The SMILES string of the molecule is OB(O)C1CCCOO1. The summed E-state index contributed by atoms with van der Waals surface area (Å²) < 4.78 is 0. The van der Waals surface area contributed by atoms with Crippen LogP contribution in [0.1, 0.15) is 12.8 Å². The number of hydrogen-bond donors (Lipinski definition) is 2. The first kappa shape index (κ1) is 7.02. The molecule has 0 aliphatic carbocycles. The van der Waals surface area contributed by atoms with Crippen LogP contribution in [0.25, 0.3) is 0 Å². The van der Waals surface area contributed by atoms with Gasteiger partial charge in [-0.2, -0.15) is 0 Å². The molecule has 0 radical (unpaired) electrons. The summed E-state index contributed by atoms with van der Waals surface area (Å²) in [6.07, 6.45) is 1.47. The summed E-state index contributed by atoms with van der Waals surface area (Å²) in [6.45, 7) is 0.545. The minimum atomic E-state index is -1.41. The Hall–Kier alpha value is -0.0951. The maximum absolute atomic E-state index is 8.53.